The van der Waals surface area contributed by atoms with Crippen LogP contribution in [-0.4, -0.2) is 31.6 Å². The van der Waals surface area contributed by atoms with Crippen molar-refractivity contribution >= 4 is 17.1 Å². The minimum atomic E-state index is -0.450. The van der Waals surface area contributed by atoms with Crippen LogP contribution in [0.25, 0.3) is 11.2 Å². The third kappa shape index (κ3) is 6.42. The summed E-state index contributed by atoms with van der Waals surface area (Å²) in [7, 11) is 0. The molecule has 3 rings (SSSR count). The third-order valence-corrected chi connectivity index (χ3v) is 5.91. The normalized spacial score (nSPS) is 11.3. The number of hydrogen-bond donors (Lipinski definition) is 2. The maximum atomic E-state index is 13.0. The number of aromatic amines is 1. The predicted molar refractivity (Wildman–Crippen MR) is 130 cm³/mol. The van der Waals surface area contributed by atoms with Crippen LogP contribution in [0.3, 0.4) is 0 Å². The predicted octanol–water partition coefficient (Wildman–Crippen LogP) is 3.31. The lowest BCUT2D eigenvalue weighted by atomic mass is 10.1. The van der Waals surface area contributed by atoms with Gasteiger partial charge < -0.3 is 9.88 Å². The number of H-pyrrole nitrogens is 1. The molecule has 0 saturated heterocycles. The molecule has 1 amide bonds. The molecule has 0 aliphatic carbocycles. The fraction of sp³-hybridized carbons (Fsp3) is 0.520. The molecule has 2 N–H and O–H groups in total. The lowest BCUT2D eigenvalue weighted by molar-refractivity contribution is -0.121. The Bertz CT molecular complexity index is 1210. The lowest BCUT2D eigenvalue weighted by Gasteiger charge is -2.09. The number of hydrogen-bond acceptors (Lipinski definition) is 4. The van der Waals surface area contributed by atoms with E-state index in [0.717, 1.165) is 37.7 Å². The summed E-state index contributed by atoms with van der Waals surface area (Å²) in [4.78, 5) is 44.7. The van der Waals surface area contributed by atoms with Crippen LogP contribution in [0.15, 0.2) is 33.9 Å². The summed E-state index contributed by atoms with van der Waals surface area (Å²) in [5.41, 5.74) is 0.855. The molecule has 0 aliphatic rings. The molecule has 0 radical (unpaired) electrons. The van der Waals surface area contributed by atoms with Crippen LogP contribution in [0, 0.1) is 5.82 Å². The van der Waals surface area contributed by atoms with Crippen LogP contribution < -0.4 is 16.6 Å². The summed E-state index contributed by atoms with van der Waals surface area (Å²) < 4.78 is 16.4. The first-order chi connectivity index (χ1) is 16.4. The molecule has 0 unspecified atom stereocenters. The van der Waals surface area contributed by atoms with Crippen LogP contribution in [-0.2, 0) is 30.7 Å². The van der Waals surface area contributed by atoms with E-state index in [-0.39, 0.29) is 18.1 Å². The summed E-state index contributed by atoms with van der Waals surface area (Å²) >= 11 is 0. The second-order valence-electron chi connectivity index (χ2n) is 8.55. The maximum absolute atomic E-state index is 13.0. The number of nitrogens with one attached hydrogen (secondary N) is 2. The minimum absolute atomic E-state index is 0.119. The molecule has 2 heterocycles. The van der Waals surface area contributed by atoms with Gasteiger partial charge in [0.2, 0.25) is 5.91 Å². The van der Waals surface area contributed by atoms with Crippen LogP contribution >= 0.6 is 0 Å². The first-order valence-corrected chi connectivity index (χ1v) is 12.2. The smallest absolute Gasteiger partial charge is 0.330 e. The van der Waals surface area contributed by atoms with Crippen molar-refractivity contribution in [2.45, 2.75) is 78.3 Å². The highest BCUT2D eigenvalue weighted by molar-refractivity contribution is 5.76. The molecule has 0 spiro atoms. The second-order valence-corrected chi connectivity index (χ2v) is 8.55. The largest absolute Gasteiger partial charge is 0.356 e. The zero-order valence-electron chi connectivity index (χ0n) is 20.0. The minimum Gasteiger partial charge on any atom is -0.356 e. The Kier molecular flexibility index (Phi) is 9.18. The molecule has 0 saturated carbocycles. The Morgan fingerprint density at radius 2 is 1.71 bits per heavy atom. The van der Waals surface area contributed by atoms with Crippen molar-refractivity contribution in [3.05, 3.63) is 62.3 Å². The second kappa shape index (κ2) is 12.3. The summed E-state index contributed by atoms with van der Waals surface area (Å²) in [6, 6.07) is 6.22. The third-order valence-electron chi connectivity index (χ3n) is 5.91. The molecule has 1 aromatic carbocycles. The summed E-state index contributed by atoms with van der Waals surface area (Å²) in [6.07, 6.45) is 5.84. The number of amides is 1. The van der Waals surface area contributed by atoms with Crippen molar-refractivity contribution in [3.8, 4) is 0 Å². The average molecular weight is 472 g/mol. The first-order valence-electron chi connectivity index (χ1n) is 12.2. The number of imidazole rings is 1. The zero-order chi connectivity index (χ0) is 24.5. The Morgan fingerprint density at radius 1 is 1.00 bits per heavy atom. The SMILES string of the molecule is CCCCCn1c(CCC(=O)NCCc2ccc(F)cc2)nc2c1c(=O)[nH]c(=O)n2CCCC. The van der Waals surface area contributed by atoms with Gasteiger partial charge in [0.1, 0.15) is 11.6 Å². The highest BCUT2D eigenvalue weighted by Crippen LogP contribution is 2.15. The van der Waals surface area contributed by atoms with Crippen molar-refractivity contribution in [2.75, 3.05) is 6.54 Å². The van der Waals surface area contributed by atoms with E-state index in [1.165, 1.54) is 16.7 Å². The lowest BCUT2D eigenvalue weighted by Crippen LogP contribution is -2.31. The molecular weight excluding hydrogens is 437 g/mol. The van der Waals surface area contributed by atoms with Gasteiger partial charge in [-0.15, -0.1) is 0 Å². The number of benzene rings is 1. The van der Waals surface area contributed by atoms with Crippen molar-refractivity contribution in [3.63, 3.8) is 0 Å². The number of nitrogens with zero attached hydrogens (tertiary/aromatic N) is 3. The van der Waals surface area contributed by atoms with Crippen LogP contribution in [0.4, 0.5) is 4.39 Å². The summed E-state index contributed by atoms with van der Waals surface area (Å²) in [5, 5.41) is 2.89. The van der Waals surface area contributed by atoms with Gasteiger partial charge in [-0.1, -0.05) is 45.2 Å². The van der Waals surface area contributed by atoms with Crippen LogP contribution in [0.5, 0.6) is 0 Å². The number of carbonyl (C=O) groups is 1. The number of aromatic nitrogens is 4. The van der Waals surface area contributed by atoms with Gasteiger partial charge >= 0.3 is 5.69 Å². The fourth-order valence-corrected chi connectivity index (χ4v) is 4.00. The van der Waals surface area contributed by atoms with Gasteiger partial charge in [-0.3, -0.25) is 19.1 Å². The number of aryl methyl sites for hydroxylation is 3. The Morgan fingerprint density at radius 3 is 2.41 bits per heavy atom. The summed E-state index contributed by atoms with van der Waals surface area (Å²) in [5.74, 6) is 0.237. The highest BCUT2D eigenvalue weighted by Gasteiger charge is 2.19. The van der Waals surface area contributed by atoms with E-state index >= 15 is 0 Å². The maximum Gasteiger partial charge on any atom is 0.330 e. The van der Waals surface area contributed by atoms with E-state index in [2.05, 4.69) is 22.2 Å². The van der Waals surface area contributed by atoms with Crippen molar-refractivity contribution in [2.24, 2.45) is 0 Å². The topological polar surface area (TPSA) is 102 Å². The molecule has 2 aromatic heterocycles. The van der Waals surface area contributed by atoms with Gasteiger partial charge in [0.15, 0.2) is 11.2 Å². The fourth-order valence-electron chi connectivity index (χ4n) is 4.00. The molecular formula is C25H34FN5O3. The van der Waals surface area contributed by atoms with E-state index in [4.69, 9.17) is 0 Å². The van der Waals surface area contributed by atoms with Crippen LogP contribution in [0.1, 0.15) is 63.8 Å². The Labute approximate surface area is 198 Å². The van der Waals surface area contributed by atoms with E-state index in [9.17, 15) is 18.8 Å². The number of rotatable bonds is 13. The van der Waals surface area contributed by atoms with E-state index in [0.29, 0.717) is 49.5 Å². The number of carbonyl (C=O) groups excluding carboxylic acids is 1. The molecule has 9 heteroatoms. The van der Waals surface area contributed by atoms with Gasteiger partial charge in [0.05, 0.1) is 0 Å². The first kappa shape index (κ1) is 25.4. The van der Waals surface area contributed by atoms with Gasteiger partial charge in [0.25, 0.3) is 5.56 Å². The number of fused-ring (bicyclic) bond motifs is 1. The van der Waals surface area contributed by atoms with E-state index in [1.54, 1.807) is 12.1 Å². The molecule has 0 fully saturated rings. The van der Waals surface area contributed by atoms with Gasteiger partial charge in [-0.2, -0.15) is 0 Å². The van der Waals surface area contributed by atoms with Gasteiger partial charge in [-0.05, 0) is 37.0 Å². The van der Waals surface area contributed by atoms with Gasteiger partial charge in [0, 0.05) is 32.5 Å². The molecule has 0 aliphatic heterocycles. The quantitative estimate of drug-likeness (QED) is 0.374. The molecule has 8 nitrogen and oxygen atoms in total. The highest BCUT2D eigenvalue weighted by atomic mass is 19.1. The van der Waals surface area contributed by atoms with Crippen LogP contribution in [0.2, 0.25) is 0 Å². The number of unbranched alkanes of at least 4 members (excludes halogenated alkanes) is 3. The zero-order valence-corrected chi connectivity index (χ0v) is 20.0. The van der Waals surface area contributed by atoms with E-state index in [1.807, 2.05) is 11.5 Å². The number of halogens is 1. The van der Waals surface area contributed by atoms with Crippen molar-refractivity contribution in [1.29, 1.82) is 0 Å². The van der Waals surface area contributed by atoms with E-state index < -0.39 is 11.2 Å². The molecule has 3 aromatic rings. The van der Waals surface area contributed by atoms with Crippen molar-refractivity contribution in [1.82, 2.24) is 24.4 Å². The monoisotopic (exact) mass is 471 g/mol. The molecule has 0 atom stereocenters. The van der Waals surface area contributed by atoms with Gasteiger partial charge in [-0.25, -0.2) is 14.2 Å². The van der Waals surface area contributed by atoms with Crippen molar-refractivity contribution < 1.29 is 9.18 Å². The Balaban J connectivity index is 1.75. The summed E-state index contributed by atoms with van der Waals surface area (Å²) in [6.45, 7) is 5.70. The molecule has 0 bridgehead atoms. The molecule has 184 valence electrons. The average Bonchev–Trinajstić information content (AvgIpc) is 3.18. The Hall–Kier alpha value is -3.23. The molecule has 34 heavy (non-hydrogen) atoms. The standard InChI is InChI=1S/C25H34FN5O3/c1-3-5-7-17-30-20(12-13-21(32)27-15-14-18-8-10-19(26)11-9-18)28-23-22(30)24(33)29-25(34)31(23)16-6-4-2/h8-11H,3-7,12-17H2,1-2H3,(H,27,32)(H,29,33,34).